The summed E-state index contributed by atoms with van der Waals surface area (Å²) in [7, 11) is 0. The number of aromatic nitrogens is 2. The predicted molar refractivity (Wildman–Crippen MR) is 82.3 cm³/mol. The van der Waals surface area contributed by atoms with Gasteiger partial charge >= 0.3 is 6.03 Å². The molecule has 1 saturated heterocycles. The van der Waals surface area contributed by atoms with Crippen LogP contribution in [0.5, 0.6) is 0 Å². The lowest BCUT2D eigenvalue weighted by atomic mass is 9.99. The highest BCUT2D eigenvalue weighted by atomic mass is 16.2. The van der Waals surface area contributed by atoms with Gasteiger partial charge in [-0.05, 0) is 25.2 Å². The zero-order valence-corrected chi connectivity index (χ0v) is 13.1. The van der Waals surface area contributed by atoms with Crippen LogP contribution in [0.25, 0.3) is 0 Å². The van der Waals surface area contributed by atoms with Crippen LogP contribution in [0.2, 0.25) is 0 Å². The topological polar surface area (TPSA) is 88.1 Å². The summed E-state index contributed by atoms with van der Waals surface area (Å²) in [5.41, 5.74) is -0.239. The van der Waals surface area contributed by atoms with Crippen molar-refractivity contribution in [3.63, 3.8) is 0 Å². The van der Waals surface area contributed by atoms with E-state index in [0.717, 1.165) is 25.8 Å². The summed E-state index contributed by atoms with van der Waals surface area (Å²) in [6.45, 7) is 5.43. The Labute approximate surface area is 129 Å². The van der Waals surface area contributed by atoms with Crippen molar-refractivity contribution in [1.29, 1.82) is 0 Å². The van der Waals surface area contributed by atoms with Gasteiger partial charge in [0.2, 0.25) is 5.91 Å². The average molecular weight is 305 g/mol. The van der Waals surface area contributed by atoms with Gasteiger partial charge in [0.05, 0.1) is 11.7 Å². The molecule has 7 nitrogen and oxygen atoms in total. The van der Waals surface area contributed by atoms with E-state index in [9.17, 15) is 9.59 Å². The van der Waals surface area contributed by atoms with E-state index in [-0.39, 0.29) is 23.4 Å². The number of amides is 3. The quantitative estimate of drug-likeness (QED) is 0.767. The van der Waals surface area contributed by atoms with Gasteiger partial charge in [-0.1, -0.05) is 13.8 Å². The Bertz CT molecular complexity index is 582. The van der Waals surface area contributed by atoms with E-state index in [2.05, 4.69) is 34.9 Å². The molecule has 2 heterocycles. The molecule has 1 saturated carbocycles. The number of hydrogen-bond donors (Lipinski definition) is 3. The van der Waals surface area contributed by atoms with Crippen LogP contribution in [0.1, 0.15) is 33.1 Å². The predicted octanol–water partition coefficient (Wildman–Crippen LogP) is 1.33. The lowest BCUT2D eigenvalue weighted by Gasteiger charge is -2.27. The van der Waals surface area contributed by atoms with Crippen LogP contribution in [-0.2, 0) is 11.3 Å². The van der Waals surface area contributed by atoms with Crippen LogP contribution in [0, 0.1) is 11.8 Å². The van der Waals surface area contributed by atoms with Crippen LogP contribution in [0.4, 0.5) is 10.6 Å². The summed E-state index contributed by atoms with van der Waals surface area (Å²) in [5.74, 6) is 1.40. The van der Waals surface area contributed by atoms with E-state index in [1.165, 1.54) is 0 Å². The number of carbonyl (C=O) groups excluding carboxylic acids is 2. The van der Waals surface area contributed by atoms with Crippen molar-refractivity contribution >= 4 is 17.8 Å². The fraction of sp³-hybridized carbons (Fsp3) is 0.667. The normalized spacial score (nSPS) is 26.3. The number of hydrogen-bond acceptors (Lipinski definition) is 3. The minimum Gasteiger partial charge on any atom is -0.349 e. The van der Waals surface area contributed by atoms with Crippen molar-refractivity contribution in [2.45, 2.75) is 45.2 Å². The highest BCUT2D eigenvalue weighted by Crippen LogP contribution is 2.40. The van der Waals surface area contributed by atoms with E-state index in [0.29, 0.717) is 18.3 Å². The van der Waals surface area contributed by atoms with Gasteiger partial charge in [-0.2, -0.15) is 5.10 Å². The van der Waals surface area contributed by atoms with Gasteiger partial charge in [-0.3, -0.25) is 10.1 Å². The Hall–Kier alpha value is -2.05. The maximum Gasteiger partial charge on any atom is 0.320 e. The molecular weight excluding hydrogens is 282 g/mol. The molecule has 22 heavy (non-hydrogen) atoms. The monoisotopic (exact) mass is 305 g/mol. The molecule has 2 unspecified atom stereocenters. The Morgan fingerprint density at radius 1 is 1.59 bits per heavy atom. The smallest absolute Gasteiger partial charge is 0.320 e. The van der Waals surface area contributed by atoms with Crippen LogP contribution >= 0.6 is 0 Å². The molecule has 3 N–H and O–H groups in total. The molecule has 2 aliphatic rings. The fourth-order valence-corrected chi connectivity index (χ4v) is 3.37. The number of anilines is 1. The number of urea groups is 1. The van der Waals surface area contributed by atoms with Gasteiger partial charge < -0.3 is 10.6 Å². The third-order valence-corrected chi connectivity index (χ3v) is 4.45. The Kier molecular flexibility index (Phi) is 3.80. The molecular formula is C15H23N5O2. The highest BCUT2D eigenvalue weighted by Gasteiger charge is 2.49. The third-order valence-electron chi connectivity index (χ3n) is 4.45. The van der Waals surface area contributed by atoms with Crippen LogP contribution in [0.15, 0.2) is 12.3 Å². The van der Waals surface area contributed by atoms with Crippen LogP contribution in [0.3, 0.4) is 0 Å². The van der Waals surface area contributed by atoms with E-state index in [1.807, 2.05) is 0 Å². The van der Waals surface area contributed by atoms with Gasteiger partial charge in [-0.25, -0.2) is 9.48 Å². The Balaban J connectivity index is 1.53. The number of nitrogens with zero attached hydrogens (tertiary/aromatic N) is 2. The molecule has 7 heteroatoms. The second-order valence-corrected chi connectivity index (χ2v) is 6.81. The molecule has 3 amide bonds. The van der Waals surface area contributed by atoms with Crippen LogP contribution < -0.4 is 16.0 Å². The van der Waals surface area contributed by atoms with E-state index >= 15 is 0 Å². The summed E-state index contributed by atoms with van der Waals surface area (Å²) in [6, 6.07) is 1.52. The van der Waals surface area contributed by atoms with Crippen molar-refractivity contribution in [1.82, 2.24) is 20.4 Å². The molecule has 1 aromatic heterocycles. The number of piperidine rings is 1. The zero-order valence-electron chi connectivity index (χ0n) is 13.1. The number of rotatable bonds is 5. The molecule has 0 spiro atoms. The molecule has 120 valence electrons. The molecule has 0 aromatic carbocycles. The number of fused-ring (bicyclic) bond motifs is 2. The molecule has 3 rings (SSSR count). The maximum atomic E-state index is 12.1. The first-order chi connectivity index (χ1) is 10.5. The molecule has 1 aliphatic heterocycles. The second-order valence-electron chi connectivity index (χ2n) is 6.81. The van der Waals surface area contributed by atoms with Crippen molar-refractivity contribution in [2.24, 2.45) is 11.8 Å². The first-order valence-corrected chi connectivity index (χ1v) is 7.86. The first kappa shape index (κ1) is 14.9. The maximum absolute atomic E-state index is 12.1. The SMILES string of the molecule is CC(C)Cn1nccc1NC(=O)NCC12CCC(C1)C(=O)N2. The van der Waals surface area contributed by atoms with Gasteiger partial charge in [0.15, 0.2) is 0 Å². The number of nitrogens with one attached hydrogen (secondary N) is 3. The summed E-state index contributed by atoms with van der Waals surface area (Å²) in [4.78, 5) is 23.7. The van der Waals surface area contributed by atoms with Gasteiger partial charge in [0.1, 0.15) is 5.82 Å². The molecule has 1 aliphatic carbocycles. The van der Waals surface area contributed by atoms with Gasteiger partial charge in [-0.15, -0.1) is 0 Å². The average Bonchev–Trinajstić information content (AvgIpc) is 3.12. The highest BCUT2D eigenvalue weighted by molar-refractivity contribution is 5.88. The Morgan fingerprint density at radius 2 is 2.41 bits per heavy atom. The summed E-state index contributed by atoms with van der Waals surface area (Å²) < 4.78 is 1.78. The molecule has 2 fully saturated rings. The van der Waals surface area contributed by atoms with E-state index in [1.54, 1.807) is 16.9 Å². The minimum atomic E-state index is -0.260. The Morgan fingerprint density at radius 3 is 3.05 bits per heavy atom. The standard InChI is InChI=1S/C15H23N5O2/c1-10(2)8-20-12(4-6-17-20)18-14(22)16-9-15-5-3-11(7-15)13(21)19-15/h4,6,10-11H,3,5,7-9H2,1-2H3,(H,19,21)(H2,16,18,22). The summed E-state index contributed by atoms with van der Waals surface area (Å²) in [6.07, 6.45) is 4.37. The summed E-state index contributed by atoms with van der Waals surface area (Å²) >= 11 is 0. The van der Waals surface area contributed by atoms with E-state index < -0.39 is 0 Å². The number of carbonyl (C=O) groups is 2. The molecule has 1 aromatic rings. The van der Waals surface area contributed by atoms with Crippen molar-refractivity contribution in [3.8, 4) is 0 Å². The third kappa shape index (κ3) is 2.93. The van der Waals surface area contributed by atoms with Gasteiger partial charge in [0, 0.05) is 25.1 Å². The van der Waals surface area contributed by atoms with Gasteiger partial charge in [0.25, 0.3) is 0 Å². The van der Waals surface area contributed by atoms with E-state index in [4.69, 9.17) is 0 Å². The molecule has 0 radical (unpaired) electrons. The lowest BCUT2D eigenvalue weighted by molar-refractivity contribution is -0.124. The van der Waals surface area contributed by atoms with Crippen molar-refractivity contribution in [3.05, 3.63) is 12.3 Å². The van der Waals surface area contributed by atoms with Crippen molar-refractivity contribution < 1.29 is 9.59 Å². The lowest BCUT2D eigenvalue weighted by Crippen LogP contribution is -2.52. The summed E-state index contributed by atoms with van der Waals surface area (Å²) in [5, 5.41) is 12.9. The zero-order chi connectivity index (χ0) is 15.7. The van der Waals surface area contributed by atoms with Crippen molar-refractivity contribution in [2.75, 3.05) is 11.9 Å². The fourth-order valence-electron chi connectivity index (χ4n) is 3.37. The first-order valence-electron chi connectivity index (χ1n) is 7.86. The van der Waals surface area contributed by atoms with Crippen LogP contribution in [-0.4, -0.2) is 33.8 Å². The molecule has 2 bridgehead atoms. The second kappa shape index (κ2) is 5.62. The molecule has 2 atom stereocenters. The minimum absolute atomic E-state index is 0.128. The largest absolute Gasteiger partial charge is 0.349 e.